The first kappa shape index (κ1) is 14.3. The van der Waals surface area contributed by atoms with Crippen molar-refractivity contribution < 1.29 is 17.7 Å². The lowest BCUT2D eigenvalue weighted by atomic mass is 10.2. The number of aromatic nitrogens is 1. The number of hydrogen-bond donors (Lipinski definition) is 1. The van der Waals surface area contributed by atoms with Crippen LogP contribution in [-0.2, 0) is 9.84 Å². The minimum Gasteiger partial charge on any atom is -0.361 e. The van der Waals surface area contributed by atoms with Gasteiger partial charge in [-0.2, -0.15) is 0 Å². The zero-order valence-corrected chi connectivity index (χ0v) is 12.1. The van der Waals surface area contributed by atoms with Crippen LogP contribution in [-0.4, -0.2) is 25.7 Å². The summed E-state index contributed by atoms with van der Waals surface area (Å²) in [4.78, 5) is 12.3. The third-order valence-electron chi connectivity index (χ3n) is 2.80. The van der Waals surface area contributed by atoms with Crippen LogP contribution in [0.1, 0.15) is 21.8 Å². The van der Waals surface area contributed by atoms with E-state index in [4.69, 9.17) is 4.52 Å². The summed E-state index contributed by atoms with van der Waals surface area (Å²) in [6.45, 7) is 3.27. The van der Waals surface area contributed by atoms with Gasteiger partial charge in [-0.05, 0) is 26.0 Å². The average Bonchev–Trinajstić information content (AvgIpc) is 2.68. The molecule has 0 aliphatic carbocycles. The number of carbonyl (C=O) groups is 1. The maximum atomic E-state index is 12.2. The summed E-state index contributed by atoms with van der Waals surface area (Å²) < 4.78 is 28.3. The maximum Gasteiger partial charge on any atom is 0.261 e. The summed E-state index contributed by atoms with van der Waals surface area (Å²) >= 11 is 0. The molecule has 1 heterocycles. The quantitative estimate of drug-likeness (QED) is 0.934. The van der Waals surface area contributed by atoms with Crippen molar-refractivity contribution in [1.82, 2.24) is 5.16 Å². The molecule has 0 atom stereocenters. The van der Waals surface area contributed by atoms with E-state index in [0.717, 1.165) is 6.26 Å². The van der Waals surface area contributed by atoms with E-state index in [1.54, 1.807) is 26.0 Å². The largest absolute Gasteiger partial charge is 0.361 e. The lowest BCUT2D eigenvalue weighted by Gasteiger charge is -2.09. The van der Waals surface area contributed by atoms with Gasteiger partial charge in [0.15, 0.2) is 9.84 Å². The number of hydrogen-bond acceptors (Lipinski definition) is 5. The number of carbonyl (C=O) groups excluding carboxylic acids is 1. The number of para-hydroxylation sites is 1. The van der Waals surface area contributed by atoms with E-state index >= 15 is 0 Å². The number of nitrogens with zero attached hydrogens (tertiary/aromatic N) is 1. The molecule has 1 aromatic carbocycles. The fourth-order valence-electron chi connectivity index (χ4n) is 1.89. The molecule has 0 spiro atoms. The Bertz CT molecular complexity index is 743. The Morgan fingerprint density at radius 2 is 1.90 bits per heavy atom. The van der Waals surface area contributed by atoms with Gasteiger partial charge >= 0.3 is 0 Å². The summed E-state index contributed by atoms with van der Waals surface area (Å²) in [6, 6.07) is 6.23. The van der Waals surface area contributed by atoms with Crippen molar-refractivity contribution in [2.45, 2.75) is 18.7 Å². The van der Waals surface area contributed by atoms with Crippen molar-refractivity contribution in [2.24, 2.45) is 0 Å². The Morgan fingerprint density at radius 3 is 2.45 bits per heavy atom. The molecule has 0 saturated carbocycles. The van der Waals surface area contributed by atoms with Crippen LogP contribution < -0.4 is 5.32 Å². The molecule has 20 heavy (non-hydrogen) atoms. The molecular formula is C13H14N2O4S. The van der Waals surface area contributed by atoms with Crippen LogP contribution in [0.2, 0.25) is 0 Å². The topological polar surface area (TPSA) is 89.3 Å². The van der Waals surface area contributed by atoms with E-state index in [9.17, 15) is 13.2 Å². The molecule has 0 aliphatic rings. The number of nitrogens with one attached hydrogen (secondary N) is 1. The summed E-state index contributed by atoms with van der Waals surface area (Å²) in [5, 5.41) is 6.28. The van der Waals surface area contributed by atoms with E-state index in [1.807, 2.05) is 0 Å². The lowest BCUT2D eigenvalue weighted by Crippen LogP contribution is -2.15. The summed E-state index contributed by atoms with van der Waals surface area (Å²) in [5.41, 5.74) is 1.00. The Hall–Kier alpha value is -2.15. The van der Waals surface area contributed by atoms with Crippen molar-refractivity contribution in [3.05, 3.63) is 41.3 Å². The molecule has 7 heteroatoms. The fourth-order valence-corrected chi connectivity index (χ4v) is 2.73. The highest BCUT2D eigenvalue weighted by Crippen LogP contribution is 2.22. The molecule has 1 N–H and O–H groups in total. The van der Waals surface area contributed by atoms with Crippen LogP contribution in [0.3, 0.4) is 0 Å². The smallest absolute Gasteiger partial charge is 0.261 e. The third kappa shape index (κ3) is 2.72. The minimum absolute atomic E-state index is 0.0695. The van der Waals surface area contributed by atoms with E-state index in [2.05, 4.69) is 10.5 Å². The molecule has 6 nitrogen and oxygen atoms in total. The Kier molecular flexibility index (Phi) is 3.63. The van der Waals surface area contributed by atoms with Gasteiger partial charge in [-0.15, -0.1) is 0 Å². The maximum absolute atomic E-state index is 12.2. The summed E-state index contributed by atoms with van der Waals surface area (Å²) in [5.74, 6) is -0.0609. The van der Waals surface area contributed by atoms with Gasteiger partial charge in [-0.1, -0.05) is 17.3 Å². The molecule has 1 aromatic heterocycles. The Morgan fingerprint density at radius 1 is 1.25 bits per heavy atom. The van der Waals surface area contributed by atoms with Crippen LogP contribution in [0.15, 0.2) is 33.7 Å². The Balaban J connectivity index is 2.39. The molecule has 0 bridgehead atoms. The fraction of sp³-hybridized carbons (Fsp3) is 0.231. The monoisotopic (exact) mass is 294 g/mol. The second kappa shape index (κ2) is 5.09. The number of aryl methyl sites for hydroxylation is 2. The standard InChI is InChI=1S/C13H14N2O4S/c1-8-12(9(2)19-15-8)13(16)14-10-6-4-5-7-11(10)20(3,17)18/h4-7H,1-3H3,(H,14,16). The van der Waals surface area contributed by atoms with E-state index in [1.165, 1.54) is 12.1 Å². The molecule has 0 saturated heterocycles. The normalized spacial score (nSPS) is 11.3. The summed E-state index contributed by atoms with van der Waals surface area (Å²) in [6.07, 6.45) is 1.09. The van der Waals surface area contributed by atoms with Crippen LogP contribution in [0.4, 0.5) is 5.69 Å². The highest BCUT2D eigenvalue weighted by molar-refractivity contribution is 7.90. The molecule has 0 unspecified atom stereocenters. The molecule has 0 radical (unpaired) electrons. The number of sulfone groups is 1. The molecule has 1 amide bonds. The van der Waals surface area contributed by atoms with Gasteiger partial charge in [0, 0.05) is 6.26 Å². The molecular weight excluding hydrogens is 280 g/mol. The SMILES string of the molecule is Cc1noc(C)c1C(=O)Nc1ccccc1S(C)(=O)=O. The molecule has 2 aromatic rings. The van der Waals surface area contributed by atoms with Gasteiger partial charge in [0.05, 0.1) is 16.3 Å². The van der Waals surface area contributed by atoms with E-state index in [0.29, 0.717) is 17.0 Å². The van der Waals surface area contributed by atoms with Crippen molar-refractivity contribution in [3.8, 4) is 0 Å². The Labute approximate surface area is 116 Å². The molecule has 0 fully saturated rings. The highest BCUT2D eigenvalue weighted by Gasteiger charge is 2.20. The molecule has 0 aliphatic heterocycles. The number of benzene rings is 1. The number of anilines is 1. The zero-order valence-electron chi connectivity index (χ0n) is 11.3. The average molecular weight is 294 g/mol. The van der Waals surface area contributed by atoms with E-state index < -0.39 is 15.7 Å². The lowest BCUT2D eigenvalue weighted by molar-refractivity contribution is 0.102. The van der Waals surface area contributed by atoms with Crippen molar-refractivity contribution in [3.63, 3.8) is 0 Å². The van der Waals surface area contributed by atoms with Crippen molar-refractivity contribution in [1.29, 1.82) is 0 Å². The van der Waals surface area contributed by atoms with Crippen molar-refractivity contribution in [2.75, 3.05) is 11.6 Å². The van der Waals surface area contributed by atoms with Gasteiger partial charge in [-0.3, -0.25) is 4.79 Å². The first-order valence-electron chi connectivity index (χ1n) is 5.84. The zero-order chi connectivity index (χ0) is 14.9. The predicted octanol–water partition coefficient (Wildman–Crippen LogP) is 1.95. The van der Waals surface area contributed by atoms with Gasteiger partial charge in [0.2, 0.25) is 0 Å². The van der Waals surface area contributed by atoms with Crippen LogP contribution in [0.5, 0.6) is 0 Å². The summed E-state index contributed by atoms with van der Waals surface area (Å²) in [7, 11) is -3.42. The molecule has 106 valence electrons. The van der Waals surface area contributed by atoms with Gasteiger partial charge in [0.25, 0.3) is 5.91 Å². The van der Waals surface area contributed by atoms with Crippen LogP contribution >= 0.6 is 0 Å². The second-order valence-electron chi connectivity index (χ2n) is 4.42. The minimum atomic E-state index is -3.42. The number of rotatable bonds is 3. The van der Waals surface area contributed by atoms with Crippen LogP contribution in [0.25, 0.3) is 0 Å². The third-order valence-corrected chi connectivity index (χ3v) is 3.95. The predicted molar refractivity (Wildman–Crippen MR) is 73.5 cm³/mol. The molecule has 2 rings (SSSR count). The van der Waals surface area contributed by atoms with Gasteiger partial charge in [0.1, 0.15) is 11.3 Å². The second-order valence-corrected chi connectivity index (χ2v) is 6.41. The first-order chi connectivity index (χ1) is 9.30. The number of amides is 1. The first-order valence-corrected chi connectivity index (χ1v) is 7.73. The highest BCUT2D eigenvalue weighted by atomic mass is 32.2. The van der Waals surface area contributed by atoms with Gasteiger partial charge in [-0.25, -0.2) is 8.42 Å². The van der Waals surface area contributed by atoms with Crippen molar-refractivity contribution >= 4 is 21.4 Å². The van der Waals surface area contributed by atoms with Crippen LogP contribution in [0, 0.1) is 13.8 Å². The van der Waals surface area contributed by atoms with Gasteiger partial charge < -0.3 is 9.84 Å². The van der Waals surface area contributed by atoms with E-state index in [-0.39, 0.29) is 10.6 Å².